The van der Waals surface area contributed by atoms with Gasteiger partial charge in [0, 0.05) is 13.0 Å². The molecule has 0 unspecified atom stereocenters. The number of unbranched alkanes of at least 4 members (excludes halogenated alkanes) is 2. The summed E-state index contributed by atoms with van der Waals surface area (Å²) in [6.07, 6.45) is 3.44. The summed E-state index contributed by atoms with van der Waals surface area (Å²) >= 11 is 0. The molecule has 0 atom stereocenters. The molecule has 94 valence electrons. The van der Waals surface area contributed by atoms with Gasteiger partial charge in [0.2, 0.25) is 5.91 Å². The van der Waals surface area contributed by atoms with Crippen LogP contribution in [0.25, 0.3) is 0 Å². The van der Waals surface area contributed by atoms with Gasteiger partial charge in [0.15, 0.2) is 11.6 Å². The van der Waals surface area contributed by atoms with Crippen LogP contribution in [-0.2, 0) is 11.3 Å². The van der Waals surface area contributed by atoms with Gasteiger partial charge >= 0.3 is 0 Å². The van der Waals surface area contributed by atoms with E-state index in [0.717, 1.165) is 31.4 Å². The Bertz CT molecular complexity index is 380. The lowest BCUT2D eigenvalue weighted by molar-refractivity contribution is -0.121. The Morgan fingerprint density at radius 3 is 2.65 bits per heavy atom. The van der Waals surface area contributed by atoms with E-state index >= 15 is 0 Å². The van der Waals surface area contributed by atoms with Crippen molar-refractivity contribution < 1.29 is 13.6 Å². The first kappa shape index (κ1) is 13.6. The number of hydrogen-bond acceptors (Lipinski definition) is 1. The van der Waals surface area contributed by atoms with Crippen LogP contribution in [-0.4, -0.2) is 5.91 Å². The summed E-state index contributed by atoms with van der Waals surface area (Å²) in [6.45, 7) is 2.31. The van der Waals surface area contributed by atoms with Crippen LogP contribution in [0.2, 0.25) is 0 Å². The van der Waals surface area contributed by atoms with Crippen molar-refractivity contribution in [3.05, 3.63) is 35.4 Å². The maximum Gasteiger partial charge on any atom is 0.220 e. The lowest BCUT2D eigenvalue weighted by Crippen LogP contribution is -2.22. The third-order valence-electron chi connectivity index (χ3n) is 2.48. The Labute approximate surface area is 100 Å². The van der Waals surface area contributed by atoms with Gasteiger partial charge in [0.05, 0.1) is 0 Å². The number of hydrogen-bond donors (Lipinski definition) is 1. The fourth-order valence-electron chi connectivity index (χ4n) is 1.47. The summed E-state index contributed by atoms with van der Waals surface area (Å²) in [5.74, 6) is -1.81. The topological polar surface area (TPSA) is 29.1 Å². The number of carbonyl (C=O) groups excluding carboxylic acids is 1. The minimum absolute atomic E-state index is 0.0526. The molecule has 1 rings (SSSR count). The van der Waals surface area contributed by atoms with Crippen molar-refractivity contribution in [3.8, 4) is 0 Å². The van der Waals surface area contributed by atoms with Crippen LogP contribution >= 0.6 is 0 Å². The minimum Gasteiger partial charge on any atom is -0.352 e. The maximum absolute atomic E-state index is 12.9. The molecule has 0 aliphatic carbocycles. The summed E-state index contributed by atoms with van der Waals surface area (Å²) in [5, 5.41) is 2.68. The quantitative estimate of drug-likeness (QED) is 0.761. The Kier molecular flexibility index (Phi) is 5.60. The molecule has 4 heteroatoms. The third-order valence-corrected chi connectivity index (χ3v) is 2.48. The Morgan fingerprint density at radius 1 is 1.24 bits per heavy atom. The van der Waals surface area contributed by atoms with Crippen LogP contribution < -0.4 is 5.32 Å². The highest BCUT2D eigenvalue weighted by Crippen LogP contribution is 2.08. The zero-order valence-electron chi connectivity index (χ0n) is 9.93. The molecule has 0 radical (unpaired) electrons. The molecule has 0 aliphatic heterocycles. The Balaban J connectivity index is 2.34. The summed E-state index contributed by atoms with van der Waals surface area (Å²) < 4.78 is 25.5. The van der Waals surface area contributed by atoms with Crippen LogP contribution in [0.15, 0.2) is 18.2 Å². The number of benzene rings is 1. The number of amides is 1. The van der Waals surface area contributed by atoms with E-state index in [1.807, 2.05) is 0 Å². The van der Waals surface area contributed by atoms with Gasteiger partial charge in [-0.1, -0.05) is 25.8 Å². The van der Waals surface area contributed by atoms with Crippen molar-refractivity contribution in [2.45, 2.75) is 39.2 Å². The van der Waals surface area contributed by atoms with Gasteiger partial charge in [-0.15, -0.1) is 0 Å². The van der Waals surface area contributed by atoms with E-state index in [-0.39, 0.29) is 12.5 Å². The van der Waals surface area contributed by atoms with Crippen molar-refractivity contribution in [1.29, 1.82) is 0 Å². The van der Waals surface area contributed by atoms with Crippen LogP contribution in [0.5, 0.6) is 0 Å². The Hall–Kier alpha value is -1.45. The monoisotopic (exact) mass is 241 g/mol. The molecule has 0 aromatic heterocycles. The molecule has 1 aromatic rings. The molecule has 1 aromatic carbocycles. The maximum atomic E-state index is 12.9. The fraction of sp³-hybridized carbons (Fsp3) is 0.462. The van der Waals surface area contributed by atoms with Crippen LogP contribution in [0.1, 0.15) is 38.2 Å². The summed E-state index contributed by atoms with van der Waals surface area (Å²) in [5.41, 5.74) is 0.563. The molecule has 0 bridgehead atoms. The Morgan fingerprint density at radius 2 is 2.00 bits per heavy atom. The van der Waals surface area contributed by atoms with Gasteiger partial charge < -0.3 is 5.32 Å². The predicted molar refractivity (Wildman–Crippen MR) is 62.3 cm³/mol. The summed E-state index contributed by atoms with van der Waals surface area (Å²) in [7, 11) is 0. The molecule has 2 nitrogen and oxygen atoms in total. The van der Waals surface area contributed by atoms with E-state index in [9.17, 15) is 13.6 Å². The van der Waals surface area contributed by atoms with E-state index in [2.05, 4.69) is 12.2 Å². The second-order valence-electron chi connectivity index (χ2n) is 3.98. The highest BCUT2D eigenvalue weighted by atomic mass is 19.2. The standard InChI is InChI=1S/C13H17F2NO/c1-2-3-4-5-13(17)16-9-10-6-7-11(14)12(15)8-10/h6-8H,2-5,9H2,1H3,(H,16,17). The van der Waals surface area contributed by atoms with Gasteiger partial charge in [0.25, 0.3) is 0 Å². The van der Waals surface area contributed by atoms with Gasteiger partial charge in [0.1, 0.15) is 0 Å². The molecule has 0 spiro atoms. The molecular weight excluding hydrogens is 224 g/mol. The van der Waals surface area contributed by atoms with E-state index in [0.29, 0.717) is 12.0 Å². The number of carbonyl (C=O) groups is 1. The molecule has 0 heterocycles. The van der Waals surface area contributed by atoms with Crippen molar-refractivity contribution in [1.82, 2.24) is 5.32 Å². The van der Waals surface area contributed by atoms with Gasteiger partial charge in [-0.3, -0.25) is 4.79 Å². The lowest BCUT2D eigenvalue weighted by Gasteiger charge is -2.05. The first-order chi connectivity index (χ1) is 8.13. The fourth-order valence-corrected chi connectivity index (χ4v) is 1.47. The molecule has 0 aliphatic rings. The largest absolute Gasteiger partial charge is 0.352 e. The summed E-state index contributed by atoms with van der Waals surface area (Å²) in [4.78, 5) is 11.4. The number of rotatable bonds is 6. The van der Waals surface area contributed by atoms with Crippen molar-refractivity contribution in [2.75, 3.05) is 0 Å². The molecule has 0 saturated heterocycles. The average molecular weight is 241 g/mol. The van der Waals surface area contributed by atoms with Gasteiger partial charge in [-0.25, -0.2) is 8.78 Å². The zero-order chi connectivity index (χ0) is 12.7. The predicted octanol–water partition coefficient (Wildman–Crippen LogP) is 3.16. The lowest BCUT2D eigenvalue weighted by atomic mass is 10.2. The normalized spacial score (nSPS) is 10.3. The van der Waals surface area contributed by atoms with Crippen molar-refractivity contribution >= 4 is 5.91 Å². The number of halogens is 2. The SMILES string of the molecule is CCCCCC(=O)NCc1ccc(F)c(F)c1. The number of nitrogens with one attached hydrogen (secondary N) is 1. The van der Waals surface area contributed by atoms with Crippen molar-refractivity contribution in [3.63, 3.8) is 0 Å². The van der Waals surface area contributed by atoms with E-state index in [4.69, 9.17) is 0 Å². The highest BCUT2D eigenvalue weighted by molar-refractivity contribution is 5.75. The van der Waals surface area contributed by atoms with Gasteiger partial charge in [-0.2, -0.15) is 0 Å². The zero-order valence-corrected chi connectivity index (χ0v) is 9.93. The smallest absolute Gasteiger partial charge is 0.220 e. The summed E-state index contributed by atoms with van der Waals surface area (Å²) in [6, 6.07) is 3.63. The molecule has 1 amide bonds. The second kappa shape index (κ2) is 6.99. The van der Waals surface area contributed by atoms with Crippen LogP contribution in [0, 0.1) is 11.6 Å². The van der Waals surface area contributed by atoms with E-state index in [1.54, 1.807) is 0 Å². The van der Waals surface area contributed by atoms with Crippen LogP contribution in [0.4, 0.5) is 8.78 Å². The molecule has 1 N–H and O–H groups in total. The van der Waals surface area contributed by atoms with Crippen LogP contribution in [0.3, 0.4) is 0 Å². The second-order valence-corrected chi connectivity index (χ2v) is 3.98. The van der Waals surface area contributed by atoms with Crippen molar-refractivity contribution in [2.24, 2.45) is 0 Å². The molecular formula is C13H17F2NO. The van der Waals surface area contributed by atoms with E-state index in [1.165, 1.54) is 6.07 Å². The molecule has 0 fully saturated rings. The van der Waals surface area contributed by atoms with Gasteiger partial charge in [-0.05, 0) is 24.1 Å². The first-order valence-electron chi connectivity index (χ1n) is 5.84. The third kappa shape index (κ3) is 4.93. The average Bonchev–Trinajstić information content (AvgIpc) is 2.31. The van der Waals surface area contributed by atoms with E-state index < -0.39 is 11.6 Å². The molecule has 17 heavy (non-hydrogen) atoms. The minimum atomic E-state index is -0.886. The highest BCUT2D eigenvalue weighted by Gasteiger charge is 2.04. The molecule has 0 saturated carbocycles. The first-order valence-corrected chi connectivity index (χ1v) is 5.84.